The Bertz CT molecular complexity index is 806. The van der Waals surface area contributed by atoms with Crippen molar-refractivity contribution in [1.29, 1.82) is 0 Å². The van der Waals surface area contributed by atoms with Crippen molar-refractivity contribution in [3.8, 4) is 0 Å². The largest absolute Gasteiger partial charge is 0.442 e. The summed E-state index contributed by atoms with van der Waals surface area (Å²) in [6, 6.07) is 1.73. The summed E-state index contributed by atoms with van der Waals surface area (Å²) in [6.45, 7) is 0. The topological polar surface area (TPSA) is 68.0 Å². The molecule has 0 aliphatic heterocycles. The number of carbonyl (C=O) groups is 1. The second kappa shape index (κ2) is 3.91. The fourth-order valence-corrected chi connectivity index (χ4v) is 3.15. The number of benzene rings is 1. The molecule has 1 amide bonds. The van der Waals surface area contributed by atoms with Crippen LogP contribution in [0.2, 0.25) is 5.02 Å². The number of halogens is 1. The first-order valence-corrected chi connectivity index (χ1v) is 7.05. The lowest BCUT2D eigenvalue weighted by molar-refractivity contribution is -0.117. The van der Waals surface area contributed by atoms with Gasteiger partial charge < -0.3 is 9.73 Å². The zero-order valence-corrected chi connectivity index (χ0v) is 11.2. The van der Waals surface area contributed by atoms with Crippen molar-refractivity contribution in [2.24, 2.45) is 5.92 Å². The molecule has 2 aromatic heterocycles. The van der Waals surface area contributed by atoms with Crippen LogP contribution in [-0.4, -0.2) is 15.9 Å². The third-order valence-electron chi connectivity index (χ3n) is 3.09. The molecule has 0 saturated heterocycles. The number of nitrogens with one attached hydrogen (secondary N) is 1. The number of oxazole rings is 1. The maximum atomic E-state index is 11.7. The average molecular weight is 294 g/mol. The highest BCUT2D eigenvalue weighted by molar-refractivity contribution is 7.23. The Hall–Kier alpha value is -1.66. The summed E-state index contributed by atoms with van der Waals surface area (Å²) in [4.78, 5) is 20.3. The SMILES string of the molecule is O=C(Nc1nc2cc(Cl)c3ocnc3c2s1)C1CC1. The monoisotopic (exact) mass is 293 g/mol. The molecule has 1 saturated carbocycles. The summed E-state index contributed by atoms with van der Waals surface area (Å²) in [5.74, 6) is 0.198. The summed E-state index contributed by atoms with van der Waals surface area (Å²) >= 11 is 7.49. The zero-order valence-electron chi connectivity index (χ0n) is 9.64. The number of thiazole rings is 1. The van der Waals surface area contributed by atoms with Gasteiger partial charge in [0.2, 0.25) is 5.91 Å². The Morgan fingerprint density at radius 1 is 1.53 bits per heavy atom. The highest BCUT2D eigenvalue weighted by Crippen LogP contribution is 2.37. The van der Waals surface area contributed by atoms with E-state index >= 15 is 0 Å². The molecule has 0 spiro atoms. The Labute approximate surface area is 116 Å². The van der Waals surface area contributed by atoms with E-state index in [0.29, 0.717) is 21.3 Å². The Morgan fingerprint density at radius 2 is 2.37 bits per heavy atom. The van der Waals surface area contributed by atoms with Crippen LogP contribution in [0.1, 0.15) is 12.8 Å². The highest BCUT2D eigenvalue weighted by atomic mass is 35.5. The van der Waals surface area contributed by atoms with Gasteiger partial charge in [-0.2, -0.15) is 0 Å². The van der Waals surface area contributed by atoms with Gasteiger partial charge in [-0.05, 0) is 18.9 Å². The molecule has 5 nitrogen and oxygen atoms in total. The van der Waals surface area contributed by atoms with Gasteiger partial charge in [0.05, 0.1) is 15.2 Å². The lowest BCUT2D eigenvalue weighted by Crippen LogP contribution is -2.12. The minimum Gasteiger partial charge on any atom is -0.442 e. The van der Waals surface area contributed by atoms with Gasteiger partial charge in [0.1, 0.15) is 5.52 Å². The molecular weight excluding hydrogens is 286 g/mol. The summed E-state index contributed by atoms with van der Waals surface area (Å²) in [5.41, 5.74) is 1.97. The number of nitrogens with zero attached hydrogens (tertiary/aromatic N) is 2. The number of fused-ring (bicyclic) bond motifs is 3. The van der Waals surface area contributed by atoms with Crippen LogP contribution < -0.4 is 5.32 Å². The van der Waals surface area contributed by atoms with E-state index in [2.05, 4.69) is 15.3 Å². The van der Waals surface area contributed by atoms with E-state index in [1.807, 2.05) is 0 Å². The minimum absolute atomic E-state index is 0.0431. The molecule has 0 radical (unpaired) electrons. The first-order chi connectivity index (χ1) is 9.22. The van der Waals surface area contributed by atoms with E-state index in [1.165, 1.54) is 17.7 Å². The van der Waals surface area contributed by atoms with Crippen LogP contribution in [-0.2, 0) is 4.79 Å². The fraction of sp³-hybridized carbons (Fsp3) is 0.250. The third kappa shape index (κ3) is 1.79. The summed E-state index contributed by atoms with van der Waals surface area (Å²) in [5, 5.41) is 3.90. The highest BCUT2D eigenvalue weighted by Gasteiger charge is 2.30. The van der Waals surface area contributed by atoms with Crippen LogP contribution >= 0.6 is 22.9 Å². The van der Waals surface area contributed by atoms with E-state index in [-0.39, 0.29) is 11.8 Å². The molecule has 1 N–H and O–H groups in total. The quantitative estimate of drug-likeness (QED) is 0.786. The molecular formula is C12H8ClN3O2S. The molecule has 0 unspecified atom stereocenters. The molecule has 1 aromatic carbocycles. The van der Waals surface area contributed by atoms with E-state index in [9.17, 15) is 4.79 Å². The molecule has 7 heteroatoms. The number of aromatic nitrogens is 2. The third-order valence-corrected chi connectivity index (χ3v) is 4.37. The van der Waals surface area contributed by atoms with E-state index < -0.39 is 0 Å². The lowest BCUT2D eigenvalue weighted by Gasteiger charge is -1.96. The first-order valence-electron chi connectivity index (χ1n) is 5.85. The standard InChI is InChI=1S/C12H8ClN3O2S/c13-6-3-7-10(8-9(6)18-4-14-8)19-12(15-7)16-11(17)5-1-2-5/h3-5H,1-2H2,(H,15,16,17). The van der Waals surface area contributed by atoms with E-state index in [1.54, 1.807) is 6.07 Å². The first kappa shape index (κ1) is 11.2. The molecule has 4 rings (SSSR count). The van der Waals surface area contributed by atoms with Crippen LogP contribution in [0.25, 0.3) is 21.3 Å². The zero-order chi connectivity index (χ0) is 13.0. The van der Waals surface area contributed by atoms with Gasteiger partial charge in [0.15, 0.2) is 17.1 Å². The second-order valence-electron chi connectivity index (χ2n) is 4.52. The van der Waals surface area contributed by atoms with E-state index in [4.69, 9.17) is 16.0 Å². The molecule has 3 aromatic rings. The minimum atomic E-state index is 0.0431. The molecule has 1 fully saturated rings. The number of hydrogen-bond donors (Lipinski definition) is 1. The van der Waals surface area contributed by atoms with Crippen molar-refractivity contribution < 1.29 is 9.21 Å². The van der Waals surface area contributed by atoms with Gasteiger partial charge in [0, 0.05) is 5.92 Å². The van der Waals surface area contributed by atoms with Crippen molar-refractivity contribution in [2.45, 2.75) is 12.8 Å². The van der Waals surface area contributed by atoms with Crippen molar-refractivity contribution in [1.82, 2.24) is 9.97 Å². The van der Waals surface area contributed by atoms with Gasteiger partial charge in [-0.3, -0.25) is 4.79 Å². The predicted molar refractivity (Wildman–Crippen MR) is 73.6 cm³/mol. The Balaban J connectivity index is 1.83. The van der Waals surface area contributed by atoms with Crippen LogP contribution in [0.15, 0.2) is 16.9 Å². The predicted octanol–water partition coefficient (Wildman–Crippen LogP) is 3.44. The molecule has 96 valence electrons. The second-order valence-corrected chi connectivity index (χ2v) is 5.93. The van der Waals surface area contributed by atoms with Crippen LogP contribution in [0.5, 0.6) is 0 Å². The van der Waals surface area contributed by atoms with Gasteiger partial charge >= 0.3 is 0 Å². The van der Waals surface area contributed by atoms with Crippen molar-refractivity contribution >= 4 is 55.3 Å². The smallest absolute Gasteiger partial charge is 0.229 e. The van der Waals surface area contributed by atoms with Crippen LogP contribution in [0.3, 0.4) is 0 Å². The van der Waals surface area contributed by atoms with Crippen LogP contribution in [0.4, 0.5) is 5.13 Å². The van der Waals surface area contributed by atoms with Gasteiger partial charge in [0.25, 0.3) is 0 Å². The number of hydrogen-bond acceptors (Lipinski definition) is 5. The Kier molecular flexibility index (Phi) is 2.31. The van der Waals surface area contributed by atoms with Crippen molar-refractivity contribution in [3.63, 3.8) is 0 Å². The molecule has 1 aliphatic rings. The number of carbonyl (C=O) groups excluding carboxylic acids is 1. The number of rotatable bonds is 2. The molecule has 0 bridgehead atoms. The summed E-state index contributed by atoms with van der Waals surface area (Å²) in [6.07, 6.45) is 3.30. The lowest BCUT2D eigenvalue weighted by atomic mass is 10.3. The summed E-state index contributed by atoms with van der Waals surface area (Å²) in [7, 11) is 0. The average Bonchev–Trinajstić information content (AvgIpc) is 2.97. The summed E-state index contributed by atoms with van der Waals surface area (Å²) < 4.78 is 6.12. The normalized spacial score (nSPS) is 15.2. The van der Waals surface area contributed by atoms with Gasteiger partial charge in [-0.15, -0.1) is 0 Å². The maximum Gasteiger partial charge on any atom is 0.229 e. The molecule has 19 heavy (non-hydrogen) atoms. The van der Waals surface area contributed by atoms with Gasteiger partial charge in [-0.25, -0.2) is 9.97 Å². The van der Waals surface area contributed by atoms with E-state index in [0.717, 1.165) is 23.1 Å². The molecule has 2 heterocycles. The fourth-order valence-electron chi connectivity index (χ4n) is 1.97. The van der Waals surface area contributed by atoms with Crippen LogP contribution in [0, 0.1) is 5.92 Å². The molecule has 0 atom stereocenters. The maximum absolute atomic E-state index is 11.7. The number of amides is 1. The van der Waals surface area contributed by atoms with Crippen molar-refractivity contribution in [3.05, 3.63) is 17.5 Å². The Morgan fingerprint density at radius 3 is 3.16 bits per heavy atom. The van der Waals surface area contributed by atoms with Crippen molar-refractivity contribution in [2.75, 3.05) is 5.32 Å². The number of anilines is 1. The molecule has 1 aliphatic carbocycles. The van der Waals surface area contributed by atoms with Gasteiger partial charge in [-0.1, -0.05) is 22.9 Å².